The normalized spacial score (nSPS) is 12.3. The van der Waals surface area contributed by atoms with Crippen molar-refractivity contribution in [1.82, 2.24) is 9.36 Å². The molecule has 0 aliphatic rings. The van der Waals surface area contributed by atoms with Gasteiger partial charge in [0.1, 0.15) is 0 Å². The Morgan fingerprint density at radius 1 is 1.44 bits per heavy atom. The van der Waals surface area contributed by atoms with E-state index >= 15 is 0 Å². The minimum Gasteiger partial charge on any atom is -0.256 e. The molecule has 0 heterocycles. The molecule has 2 N–H and O–H groups in total. The molecular weight excluding hydrogens is 139 g/mol. The van der Waals surface area contributed by atoms with Crippen molar-refractivity contribution in [1.29, 1.82) is 0 Å². The highest BCUT2D eigenvalue weighted by Crippen LogP contribution is 1.79. The molecule has 2 radical (unpaired) electrons. The summed E-state index contributed by atoms with van der Waals surface area (Å²) in [5.74, 6) is 0. The van der Waals surface area contributed by atoms with Crippen LogP contribution in [0.3, 0.4) is 0 Å². The van der Waals surface area contributed by atoms with Crippen LogP contribution in [0.25, 0.3) is 0 Å². The van der Waals surface area contributed by atoms with Crippen molar-refractivity contribution < 1.29 is 8.42 Å². The fraction of sp³-hybridized carbons (Fsp3) is 1.00. The molecule has 0 aromatic rings. The Morgan fingerprint density at radius 2 is 1.89 bits per heavy atom. The largest absolute Gasteiger partial charge is 0.266 e. The first-order chi connectivity index (χ1) is 3.98. The van der Waals surface area contributed by atoms with Crippen molar-refractivity contribution in [3.05, 3.63) is 0 Å². The molecule has 4 nitrogen and oxygen atoms in total. The third-order valence-corrected chi connectivity index (χ3v) is 1.64. The fourth-order valence-corrected chi connectivity index (χ4v) is 1.03. The molecular formula is C3H9BN2O2S. The zero-order valence-electron chi connectivity index (χ0n) is 5.38. The maximum absolute atomic E-state index is 10.5. The second kappa shape index (κ2) is 3.19. The van der Waals surface area contributed by atoms with Gasteiger partial charge in [0.05, 0.1) is 0 Å². The average Bonchev–Trinajstić information content (AvgIpc) is 1.63. The van der Waals surface area contributed by atoms with Gasteiger partial charge in [0.15, 0.2) is 0 Å². The second-order valence-corrected chi connectivity index (χ2v) is 3.37. The van der Waals surface area contributed by atoms with Crippen LogP contribution in [0, 0.1) is 0 Å². The van der Waals surface area contributed by atoms with Gasteiger partial charge in [-0.3, -0.25) is 4.63 Å². The molecule has 0 aliphatic carbocycles. The van der Waals surface area contributed by atoms with E-state index in [2.05, 4.69) is 12.7 Å². The van der Waals surface area contributed by atoms with Gasteiger partial charge in [-0.2, -0.15) is 8.42 Å². The van der Waals surface area contributed by atoms with Crippen molar-refractivity contribution in [2.75, 3.05) is 0 Å². The van der Waals surface area contributed by atoms with Gasteiger partial charge in [-0.25, -0.2) is 4.72 Å². The maximum Gasteiger partial charge on any atom is 0.266 e. The first kappa shape index (κ1) is 8.93. The predicted octanol–water partition coefficient (Wildman–Crippen LogP) is -1.10. The smallest absolute Gasteiger partial charge is 0.256 e. The van der Waals surface area contributed by atoms with Gasteiger partial charge < -0.3 is 0 Å². The van der Waals surface area contributed by atoms with Gasteiger partial charge in [0.2, 0.25) is 7.98 Å². The van der Waals surface area contributed by atoms with E-state index in [0.717, 1.165) is 0 Å². The highest BCUT2D eigenvalue weighted by Gasteiger charge is 2.05. The monoisotopic (exact) mass is 148 g/mol. The second-order valence-electron chi connectivity index (χ2n) is 1.89. The molecule has 0 unspecified atom stereocenters. The molecule has 0 atom stereocenters. The fourth-order valence-electron chi connectivity index (χ4n) is 0.344. The van der Waals surface area contributed by atoms with Crippen LogP contribution in [0.4, 0.5) is 0 Å². The minimum absolute atomic E-state index is 0.133. The lowest BCUT2D eigenvalue weighted by Crippen LogP contribution is -2.38. The van der Waals surface area contributed by atoms with Crippen LogP contribution in [0.15, 0.2) is 0 Å². The molecule has 0 amide bonds. The zero-order valence-corrected chi connectivity index (χ0v) is 6.20. The summed E-state index contributed by atoms with van der Waals surface area (Å²) in [6.07, 6.45) is 0. The van der Waals surface area contributed by atoms with Gasteiger partial charge in [0.25, 0.3) is 10.2 Å². The van der Waals surface area contributed by atoms with Crippen molar-refractivity contribution in [3.63, 3.8) is 0 Å². The molecule has 9 heavy (non-hydrogen) atoms. The summed E-state index contributed by atoms with van der Waals surface area (Å²) in [4.78, 5) is 0. The first-order valence-corrected chi connectivity index (χ1v) is 3.96. The van der Waals surface area contributed by atoms with Crippen LogP contribution in [0.1, 0.15) is 13.8 Å². The molecule has 52 valence electrons. The molecule has 0 saturated heterocycles. The molecule has 0 aromatic heterocycles. The Morgan fingerprint density at radius 3 is 2.00 bits per heavy atom. The number of nitrogens with one attached hydrogen (secondary N) is 2. The Labute approximate surface area is 56.6 Å². The third-order valence-electron chi connectivity index (χ3n) is 0.546. The van der Waals surface area contributed by atoms with Crippen LogP contribution in [0.5, 0.6) is 0 Å². The van der Waals surface area contributed by atoms with Crippen LogP contribution < -0.4 is 9.36 Å². The van der Waals surface area contributed by atoms with Gasteiger partial charge in [-0.15, -0.1) is 0 Å². The van der Waals surface area contributed by atoms with Crippen LogP contribution in [-0.2, 0) is 10.2 Å². The van der Waals surface area contributed by atoms with Gasteiger partial charge >= 0.3 is 0 Å². The van der Waals surface area contributed by atoms with E-state index in [0.29, 0.717) is 0 Å². The van der Waals surface area contributed by atoms with Crippen LogP contribution in [-0.4, -0.2) is 22.4 Å². The van der Waals surface area contributed by atoms with E-state index in [1.54, 1.807) is 18.5 Å². The van der Waals surface area contributed by atoms with Crippen molar-refractivity contribution in [2.45, 2.75) is 19.9 Å². The average molecular weight is 148 g/mol. The predicted molar refractivity (Wildman–Crippen MR) is 36.1 cm³/mol. The topological polar surface area (TPSA) is 58.2 Å². The molecule has 0 spiro atoms. The number of rotatable bonds is 3. The van der Waals surface area contributed by atoms with E-state index in [-0.39, 0.29) is 6.04 Å². The van der Waals surface area contributed by atoms with Crippen molar-refractivity contribution in [2.24, 2.45) is 0 Å². The molecule has 0 fully saturated rings. The molecule has 0 saturated carbocycles. The summed E-state index contributed by atoms with van der Waals surface area (Å²) in [5.41, 5.74) is 0. The standard InChI is InChI=1S/C3H9BN2O2S/c1-3(2)5-9(7,8)6-4/h3,5-6H,1-2H3. The molecule has 0 aromatic carbocycles. The highest BCUT2D eigenvalue weighted by molar-refractivity contribution is 7.88. The summed E-state index contributed by atoms with van der Waals surface area (Å²) in [5, 5.41) is 0. The SMILES string of the molecule is [B]NS(=O)(=O)NC(C)C. The quantitative estimate of drug-likeness (QED) is 0.499. The Bertz CT molecular complexity index is 165. The summed E-state index contributed by atoms with van der Waals surface area (Å²) in [6, 6.07) is -0.133. The van der Waals surface area contributed by atoms with Crippen molar-refractivity contribution in [3.8, 4) is 0 Å². The van der Waals surface area contributed by atoms with E-state index in [4.69, 9.17) is 0 Å². The molecule has 6 heteroatoms. The lowest BCUT2D eigenvalue weighted by Gasteiger charge is -2.06. The molecule has 0 bridgehead atoms. The Balaban J connectivity index is 3.90. The maximum atomic E-state index is 10.5. The summed E-state index contributed by atoms with van der Waals surface area (Å²) < 4.78 is 24.8. The van der Waals surface area contributed by atoms with Crippen molar-refractivity contribution >= 4 is 18.2 Å². The zero-order chi connectivity index (χ0) is 7.49. The van der Waals surface area contributed by atoms with Crippen LogP contribution in [0.2, 0.25) is 0 Å². The van der Waals surface area contributed by atoms with Crippen LogP contribution >= 0.6 is 0 Å². The van der Waals surface area contributed by atoms with Gasteiger partial charge in [-0.1, -0.05) is 0 Å². The number of hydrogen-bond acceptors (Lipinski definition) is 2. The van der Waals surface area contributed by atoms with E-state index in [9.17, 15) is 8.42 Å². The van der Waals surface area contributed by atoms with Gasteiger partial charge in [-0.05, 0) is 13.8 Å². The third kappa shape index (κ3) is 4.44. The lowest BCUT2D eigenvalue weighted by atomic mass is 10.4. The van der Waals surface area contributed by atoms with Gasteiger partial charge in [0, 0.05) is 6.04 Å². The summed E-state index contributed by atoms with van der Waals surface area (Å²) in [7, 11) is 1.21. The molecule has 0 aliphatic heterocycles. The molecule has 0 rings (SSSR count). The van der Waals surface area contributed by atoms with E-state index < -0.39 is 10.2 Å². The summed E-state index contributed by atoms with van der Waals surface area (Å²) in [6.45, 7) is 3.41. The minimum atomic E-state index is -3.44. The van der Waals surface area contributed by atoms with E-state index in [1.807, 2.05) is 0 Å². The Kier molecular flexibility index (Phi) is 3.17. The highest BCUT2D eigenvalue weighted by atomic mass is 32.2. The number of hydrogen-bond donors (Lipinski definition) is 2. The van der Waals surface area contributed by atoms with E-state index in [1.165, 1.54) is 0 Å². The lowest BCUT2D eigenvalue weighted by molar-refractivity contribution is 0.567. The first-order valence-electron chi connectivity index (χ1n) is 2.47. The summed E-state index contributed by atoms with van der Waals surface area (Å²) >= 11 is 0. The Hall–Kier alpha value is -0.0651.